The van der Waals surface area contributed by atoms with Crippen molar-refractivity contribution in [2.75, 3.05) is 20.3 Å². The molecule has 0 aromatic heterocycles. The number of benzene rings is 1. The zero-order valence-corrected chi connectivity index (χ0v) is 12.0. The number of rotatable bonds is 4. The number of piperidine rings is 1. The summed E-state index contributed by atoms with van der Waals surface area (Å²) in [5, 5.41) is 3.49. The summed E-state index contributed by atoms with van der Waals surface area (Å²) in [6, 6.07) is 8.76. The Labute approximate surface area is 120 Å². The molecule has 3 rings (SSSR count). The van der Waals surface area contributed by atoms with Crippen LogP contribution in [0.3, 0.4) is 0 Å². The monoisotopic (exact) mass is 274 g/mol. The molecule has 0 amide bonds. The standard InChI is InChI=1S/C16H22N2O2/c1-19-14-6-4-5-12(10-14)9-13-11-20-16(18-13)15-7-2-3-8-17-15/h4-6,10,13,15,17H,2-3,7-9,11H2,1H3. The van der Waals surface area contributed by atoms with E-state index in [1.54, 1.807) is 7.11 Å². The van der Waals surface area contributed by atoms with Crippen molar-refractivity contribution in [3.05, 3.63) is 29.8 Å². The minimum Gasteiger partial charge on any atom is -0.497 e. The molecular formula is C16H22N2O2. The molecule has 2 unspecified atom stereocenters. The molecular weight excluding hydrogens is 252 g/mol. The zero-order chi connectivity index (χ0) is 13.8. The number of hydrogen-bond donors (Lipinski definition) is 1. The van der Waals surface area contributed by atoms with Crippen LogP contribution in [0.15, 0.2) is 29.3 Å². The quantitative estimate of drug-likeness (QED) is 0.915. The normalized spacial score (nSPS) is 25.9. The molecule has 1 saturated heterocycles. The fourth-order valence-electron chi connectivity index (χ4n) is 2.87. The average Bonchev–Trinajstić information content (AvgIpc) is 2.97. The van der Waals surface area contributed by atoms with E-state index in [4.69, 9.17) is 14.5 Å². The molecule has 2 atom stereocenters. The van der Waals surface area contributed by atoms with Crippen molar-refractivity contribution < 1.29 is 9.47 Å². The summed E-state index contributed by atoms with van der Waals surface area (Å²) in [6.45, 7) is 1.78. The first-order valence-corrected chi connectivity index (χ1v) is 7.42. The summed E-state index contributed by atoms with van der Waals surface area (Å²) in [4.78, 5) is 4.75. The fourth-order valence-corrected chi connectivity index (χ4v) is 2.87. The van der Waals surface area contributed by atoms with E-state index >= 15 is 0 Å². The van der Waals surface area contributed by atoms with E-state index < -0.39 is 0 Å². The van der Waals surface area contributed by atoms with Gasteiger partial charge >= 0.3 is 0 Å². The van der Waals surface area contributed by atoms with E-state index in [9.17, 15) is 0 Å². The molecule has 1 aromatic carbocycles. The van der Waals surface area contributed by atoms with Crippen LogP contribution in [0.2, 0.25) is 0 Å². The highest BCUT2D eigenvalue weighted by molar-refractivity contribution is 5.83. The first-order valence-electron chi connectivity index (χ1n) is 7.42. The minimum absolute atomic E-state index is 0.237. The van der Waals surface area contributed by atoms with Crippen molar-refractivity contribution >= 4 is 5.90 Å². The van der Waals surface area contributed by atoms with Crippen LogP contribution in [-0.4, -0.2) is 38.2 Å². The number of nitrogens with zero attached hydrogens (tertiary/aromatic N) is 1. The Morgan fingerprint density at radius 2 is 2.35 bits per heavy atom. The molecule has 4 nitrogen and oxygen atoms in total. The Morgan fingerprint density at radius 3 is 3.15 bits per heavy atom. The summed E-state index contributed by atoms with van der Waals surface area (Å²) in [7, 11) is 1.70. The number of hydrogen-bond acceptors (Lipinski definition) is 4. The summed E-state index contributed by atoms with van der Waals surface area (Å²) in [5.74, 6) is 1.82. The van der Waals surface area contributed by atoms with Gasteiger partial charge in [0.15, 0.2) is 0 Å². The van der Waals surface area contributed by atoms with Crippen LogP contribution >= 0.6 is 0 Å². The van der Waals surface area contributed by atoms with E-state index in [-0.39, 0.29) is 6.04 Å². The highest BCUT2D eigenvalue weighted by Crippen LogP contribution is 2.19. The topological polar surface area (TPSA) is 42.9 Å². The lowest BCUT2D eigenvalue weighted by Gasteiger charge is -2.22. The summed E-state index contributed by atoms with van der Waals surface area (Å²) < 4.78 is 11.0. The maximum Gasteiger partial charge on any atom is 0.201 e. The van der Waals surface area contributed by atoms with Crippen molar-refractivity contribution in [1.29, 1.82) is 0 Å². The number of nitrogens with one attached hydrogen (secondary N) is 1. The molecule has 2 aliphatic heterocycles. The maximum absolute atomic E-state index is 5.79. The second kappa shape index (κ2) is 6.27. The molecule has 0 radical (unpaired) electrons. The second-order valence-electron chi connectivity index (χ2n) is 5.49. The second-order valence-corrected chi connectivity index (χ2v) is 5.49. The van der Waals surface area contributed by atoms with Crippen molar-refractivity contribution in [2.24, 2.45) is 4.99 Å². The predicted molar refractivity (Wildman–Crippen MR) is 79.5 cm³/mol. The molecule has 0 aliphatic carbocycles. The van der Waals surface area contributed by atoms with E-state index in [0.29, 0.717) is 12.6 Å². The van der Waals surface area contributed by atoms with Crippen molar-refractivity contribution in [3.8, 4) is 5.75 Å². The molecule has 1 N–H and O–H groups in total. The van der Waals surface area contributed by atoms with E-state index in [1.807, 2.05) is 12.1 Å². The highest BCUT2D eigenvalue weighted by atomic mass is 16.5. The van der Waals surface area contributed by atoms with Gasteiger partial charge in [-0.25, -0.2) is 4.99 Å². The number of methoxy groups -OCH3 is 1. The summed E-state index contributed by atoms with van der Waals surface area (Å²) in [5.41, 5.74) is 1.25. The van der Waals surface area contributed by atoms with E-state index in [1.165, 1.54) is 18.4 Å². The average molecular weight is 274 g/mol. The molecule has 20 heavy (non-hydrogen) atoms. The van der Waals surface area contributed by atoms with Crippen LogP contribution in [0.25, 0.3) is 0 Å². The first kappa shape index (κ1) is 13.4. The van der Waals surface area contributed by atoms with Gasteiger partial charge in [-0.2, -0.15) is 0 Å². The van der Waals surface area contributed by atoms with Gasteiger partial charge in [-0.3, -0.25) is 0 Å². The fraction of sp³-hybridized carbons (Fsp3) is 0.562. The molecule has 2 aliphatic rings. The van der Waals surface area contributed by atoms with Gasteiger partial charge in [0, 0.05) is 0 Å². The Morgan fingerprint density at radius 1 is 1.40 bits per heavy atom. The highest BCUT2D eigenvalue weighted by Gasteiger charge is 2.27. The molecule has 2 heterocycles. The maximum atomic E-state index is 5.79. The van der Waals surface area contributed by atoms with Crippen LogP contribution in [-0.2, 0) is 11.2 Å². The smallest absolute Gasteiger partial charge is 0.201 e. The van der Waals surface area contributed by atoms with Crippen LogP contribution < -0.4 is 10.1 Å². The van der Waals surface area contributed by atoms with Gasteiger partial charge in [0.25, 0.3) is 0 Å². The van der Waals surface area contributed by atoms with Crippen LogP contribution in [0, 0.1) is 0 Å². The minimum atomic E-state index is 0.237. The van der Waals surface area contributed by atoms with Crippen molar-refractivity contribution in [2.45, 2.75) is 37.8 Å². The Balaban J connectivity index is 1.62. The van der Waals surface area contributed by atoms with Gasteiger partial charge in [0.05, 0.1) is 19.2 Å². The zero-order valence-electron chi connectivity index (χ0n) is 12.0. The lowest BCUT2D eigenvalue weighted by atomic mass is 10.0. The Bertz CT molecular complexity index is 481. The van der Waals surface area contributed by atoms with Crippen molar-refractivity contribution in [3.63, 3.8) is 0 Å². The molecule has 0 spiro atoms. The number of aliphatic imine (C=N–C) groups is 1. The molecule has 108 valence electrons. The molecule has 1 aromatic rings. The largest absolute Gasteiger partial charge is 0.497 e. The van der Waals surface area contributed by atoms with Gasteiger partial charge in [-0.05, 0) is 43.5 Å². The Hall–Kier alpha value is -1.55. The summed E-state index contributed by atoms with van der Waals surface area (Å²) in [6.07, 6.45) is 4.58. The van der Waals surface area contributed by atoms with E-state index in [2.05, 4.69) is 17.4 Å². The molecule has 1 fully saturated rings. The van der Waals surface area contributed by atoms with Gasteiger partial charge in [-0.15, -0.1) is 0 Å². The van der Waals surface area contributed by atoms with Crippen LogP contribution in [0.5, 0.6) is 5.75 Å². The third-order valence-corrected chi connectivity index (χ3v) is 3.95. The molecule has 0 saturated carbocycles. The molecule has 4 heteroatoms. The predicted octanol–water partition coefficient (Wildman–Crippen LogP) is 2.18. The SMILES string of the molecule is COc1cccc(CC2COC(C3CCCCN3)=N2)c1. The third kappa shape index (κ3) is 3.12. The lowest BCUT2D eigenvalue weighted by molar-refractivity contribution is 0.291. The lowest BCUT2D eigenvalue weighted by Crippen LogP contribution is -2.40. The first-order chi connectivity index (χ1) is 9.85. The molecule has 0 bridgehead atoms. The van der Waals surface area contributed by atoms with Crippen molar-refractivity contribution in [1.82, 2.24) is 5.32 Å². The third-order valence-electron chi connectivity index (χ3n) is 3.95. The van der Waals surface area contributed by atoms with Gasteiger partial charge in [-0.1, -0.05) is 18.6 Å². The van der Waals surface area contributed by atoms with Gasteiger partial charge in [0.1, 0.15) is 12.4 Å². The van der Waals surface area contributed by atoms with Crippen LogP contribution in [0.4, 0.5) is 0 Å². The van der Waals surface area contributed by atoms with Gasteiger partial charge in [0.2, 0.25) is 5.90 Å². The van der Waals surface area contributed by atoms with Crippen LogP contribution in [0.1, 0.15) is 24.8 Å². The number of ether oxygens (including phenoxy) is 2. The van der Waals surface area contributed by atoms with Gasteiger partial charge < -0.3 is 14.8 Å². The Kier molecular flexibility index (Phi) is 4.21. The van der Waals surface area contributed by atoms with E-state index in [0.717, 1.165) is 31.0 Å². The summed E-state index contributed by atoms with van der Waals surface area (Å²) >= 11 is 0.